The van der Waals surface area contributed by atoms with Crippen LogP contribution in [0.15, 0.2) is 23.9 Å². The van der Waals surface area contributed by atoms with Crippen LogP contribution in [0.4, 0.5) is 0 Å². The van der Waals surface area contributed by atoms with Gasteiger partial charge >= 0.3 is 154 Å². The summed E-state index contributed by atoms with van der Waals surface area (Å²) >= 11 is 2.96. The summed E-state index contributed by atoms with van der Waals surface area (Å²) in [6.45, 7) is 4.59. The summed E-state index contributed by atoms with van der Waals surface area (Å²) in [5.74, 6) is -0.201. The molecule has 0 bridgehead atoms. The van der Waals surface area contributed by atoms with Crippen LogP contribution < -0.4 is 0 Å². The number of rotatable bonds is 4. The predicted octanol–water partition coefficient (Wildman–Crippen LogP) is -0.199. The summed E-state index contributed by atoms with van der Waals surface area (Å²) < 4.78 is 6.08. The molecule has 3 rings (SSSR count). The van der Waals surface area contributed by atoms with Crippen molar-refractivity contribution in [2.45, 2.75) is 0 Å². The van der Waals surface area contributed by atoms with Crippen molar-refractivity contribution in [3.05, 3.63) is 29.5 Å². The number of amides is 1. The summed E-state index contributed by atoms with van der Waals surface area (Å²) in [6, 6.07) is 4.31. The Labute approximate surface area is 154 Å². The van der Waals surface area contributed by atoms with Crippen LogP contribution in [-0.2, 0) is 9.53 Å². The van der Waals surface area contributed by atoms with E-state index in [0.717, 1.165) is 37.5 Å². The Bertz CT molecular complexity index is 716. The average molecular weight is 410 g/mol. The van der Waals surface area contributed by atoms with Crippen molar-refractivity contribution in [2.75, 3.05) is 46.4 Å². The molecule has 2 N–H and O–H groups in total. The van der Waals surface area contributed by atoms with E-state index in [0.29, 0.717) is 17.8 Å². The van der Waals surface area contributed by atoms with Gasteiger partial charge in [-0.15, -0.1) is 0 Å². The third-order valence-electron chi connectivity index (χ3n) is 4.39. The molecule has 0 aromatic heterocycles. The van der Waals surface area contributed by atoms with E-state index in [9.17, 15) is 15.0 Å². The van der Waals surface area contributed by atoms with Crippen LogP contribution in [-0.4, -0.2) is 97.5 Å². The molecule has 134 valence electrons. The maximum absolute atomic E-state index is 12.8. The Balaban J connectivity index is 1.74. The molecule has 2 heterocycles. The Kier molecular flexibility index (Phi) is 5.44. The molecule has 2 fully saturated rings. The normalized spacial score (nSPS) is 20.8. The van der Waals surface area contributed by atoms with Gasteiger partial charge in [0.15, 0.2) is 0 Å². The van der Waals surface area contributed by atoms with E-state index in [2.05, 4.69) is 20.5 Å². The first kappa shape index (κ1) is 17.9. The molecule has 1 amide bonds. The molecule has 2 aliphatic rings. The van der Waals surface area contributed by atoms with Gasteiger partial charge in [0.25, 0.3) is 0 Å². The molecule has 1 aromatic carbocycles. The average Bonchev–Trinajstić information content (AvgIpc) is 2.80. The number of ether oxygens (including phenoxy) is 1. The molecule has 0 saturated carbocycles. The number of aromatic hydroxyl groups is 2. The number of morpholine rings is 1. The van der Waals surface area contributed by atoms with E-state index >= 15 is 0 Å². The number of likely N-dealkylation sites (N-methyl/N-ethyl adjacent to an activating group) is 1. The zero-order valence-electron chi connectivity index (χ0n) is 14.0. The molecular weight excluding hydrogens is 389 g/mol. The SMILES string of the molecule is CN1C(=[Se])N(CCN2CCOCC2)C(=O)/C1=C\c1ccc(O)cc1O. The van der Waals surface area contributed by atoms with Gasteiger partial charge in [-0.3, -0.25) is 0 Å². The predicted molar refractivity (Wildman–Crippen MR) is 95.2 cm³/mol. The molecule has 0 aliphatic carbocycles. The van der Waals surface area contributed by atoms with Crippen molar-refractivity contribution in [3.8, 4) is 11.5 Å². The fourth-order valence-corrected chi connectivity index (χ4v) is 3.45. The van der Waals surface area contributed by atoms with Crippen LogP contribution in [0, 0.1) is 0 Å². The Hall–Kier alpha value is -1.86. The fraction of sp³-hybridized carbons (Fsp3) is 0.412. The van der Waals surface area contributed by atoms with Gasteiger partial charge in [0.1, 0.15) is 0 Å². The van der Waals surface area contributed by atoms with Crippen LogP contribution in [0.5, 0.6) is 11.5 Å². The van der Waals surface area contributed by atoms with Crippen molar-refractivity contribution in [3.63, 3.8) is 0 Å². The van der Waals surface area contributed by atoms with Crippen LogP contribution >= 0.6 is 0 Å². The fourth-order valence-electron chi connectivity index (χ4n) is 2.88. The van der Waals surface area contributed by atoms with Crippen molar-refractivity contribution in [2.24, 2.45) is 0 Å². The number of phenolic OH excluding ortho intramolecular Hbond substituents is 2. The zero-order valence-corrected chi connectivity index (χ0v) is 15.7. The van der Waals surface area contributed by atoms with Crippen LogP contribution in [0.25, 0.3) is 6.08 Å². The van der Waals surface area contributed by atoms with Gasteiger partial charge in [-0.1, -0.05) is 0 Å². The second kappa shape index (κ2) is 7.58. The second-order valence-corrected chi connectivity index (χ2v) is 6.79. The number of phenols is 2. The number of carbonyl (C=O) groups is 1. The first-order valence-corrected chi connectivity index (χ1v) is 8.96. The van der Waals surface area contributed by atoms with E-state index in [1.54, 1.807) is 21.9 Å². The zero-order chi connectivity index (χ0) is 18.0. The summed E-state index contributed by atoms with van der Waals surface area (Å²) in [4.78, 5) is 18.5. The van der Waals surface area contributed by atoms with Gasteiger partial charge in [-0.2, -0.15) is 0 Å². The first-order chi connectivity index (χ1) is 12.0. The third-order valence-corrected chi connectivity index (χ3v) is 5.43. The van der Waals surface area contributed by atoms with Gasteiger partial charge in [0.2, 0.25) is 0 Å². The molecular formula is C17H21N3O4Se. The monoisotopic (exact) mass is 411 g/mol. The minimum absolute atomic E-state index is 0.0195. The van der Waals surface area contributed by atoms with Gasteiger partial charge in [-0.05, 0) is 0 Å². The molecule has 25 heavy (non-hydrogen) atoms. The van der Waals surface area contributed by atoms with E-state index in [4.69, 9.17) is 4.74 Å². The topological polar surface area (TPSA) is 76.5 Å². The number of carbonyl (C=O) groups excluding carboxylic acids is 1. The van der Waals surface area contributed by atoms with E-state index in [1.807, 2.05) is 7.05 Å². The summed E-state index contributed by atoms with van der Waals surface area (Å²) in [6.07, 6.45) is 1.63. The Morgan fingerprint density at radius 2 is 1.96 bits per heavy atom. The molecule has 2 saturated heterocycles. The molecule has 8 heteroatoms. The van der Waals surface area contributed by atoms with Crippen LogP contribution in [0.3, 0.4) is 0 Å². The standard InChI is InChI=1S/C17H21N3O4Se/c1-18-14(10-12-2-3-13(21)11-15(12)22)16(23)20(17(18)25)5-4-19-6-8-24-9-7-19/h2-3,10-11,21-22H,4-9H2,1H3/b14-10+. The van der Waals surface area contributed by atoms with Crippen molar-refractivity contribution < 1.29 is 19.7 Å². The van der Waals surface area contributed by atoms with Gasteiger partial charge in [0, 0.05) is 0 Å². The second-order valence-electron chi connectivity index (χ2n) is 6.03. The molecule has 0 radical (unpaired) electrons. The van der Waals surface area contributed by atoms with Crippen molar-refractivity contribution in [1.29, 1.82) is 0 Å². The molecule has 0 atom stereocenters. The van der Waals surface area contributed by atoms with Crippen molar-refractivity contribution in [1.82, 2.24) is 14.7 Å². The quantitative estimate of drug-likeness (QED) is 0.529. The number of hydrogen-bond acceptors (Lipinski definition) is 6. The summed E-state index contributed by atoms with van der Waals surface area (Å²) in [5, 5.41) is 19.3. The molecule has 2 aliphatic heterocycles. The summed E-state index contributed by atoms with van der Waals surface area (Å²) in [5.41, 5.74) is 0.951. The van der Waals surface area contributed by atoms with Gasteiger partial charge in [0.05, 0.1) is 0 Å². The number of hydrogen-bond donors (Lipinski definition) is 2. The number of benzene rings is 1. The maximum atomic E-state index is 12.8. The third kappa shape index (κ3) is 3.87. The summed E-state index contributed by atoms with van der Waals surface area (Å²) in [7, 11) is 1.81. The van der Waals surface area contributed by atoms with E-state index < -0.39 is 0 Å². The van der Waals surface area contributed by atoms with E-state index in [-0.39, 0.29) is 17.4 Å². The molecule has 7 nitrogen and oxygen atoms in total. The van der Waals surface area contributed by atoms with Gasteiger partial charge < -0.3 is 0 Å². The van der Waals surface area contributed by atoms with E-state index in [1.165, 1.54) is 12.1 Å². The molecule has 1 aromatic rings. The van der Waals surface area contributed by atoms with Crippen LogP contribution in [0.2, 0.25) is 0 Å². The Morgan fingerprint density at radius 3 is 2.64 bits per heavy atom. The number of nitrogens with zero attached hydrogens (tertiary/aromatic N) is 3. The first-order valence-electron chi connectivity index (χ1n) is 8.10. The van der Waals surface area contributed by atoms with Gasteiger partial charge in [-0.25, -0.2) is 0 Å². The molecule has 0 spiro atoms. The molecule has 0 unspecified atom stereocenters. The van der Waals surface area contributed by atoms with Crippen molar-refractivity contribution >= 4 is 32.2 Å². The van der Waals surface area contributed by atoms with Crippen LogP contribution in [0.1, 0.15) is 5.56 Å². The Morgan fingerprint density at radius 1 is 1.24 bits per heavy atom. The minimum atomic E-state index is -0.114.